The number of ketones is 1. The highest BCUT2D eigenvalue weighted by Gasteiger charge is 2.21. The van der Waals surface area contributed by atoms with Gasteiger partial charge in [0.2, 0.25) is 0 Å². The molecule has 0 saturated carbocycles. The van der Waals surface area contributed by atoms with Crippen LogP contribution >= 0.6 is 11.6 Å². The average Bonchev–Trinajstić information content (AvgIpc) is 2.26. The number of likely N-dealkylation sites (N-methyl/N-ethyl adjacent to an activating group) is 1. The van der Waals surface area contributed by atoms with E-state index in [1.807, 2.05) is 31.3 Å². The molecule has 0 amide bonds. The minimum absolute atomic E-state index is 0.0591. The maximum absolute atomic E-state index is 11.7. The average molecular weight is 254 g/mol. The highest BCUT2D eigenvalue weighted by atomic mass is 35.5. The van der Waals surface area contributed by atoms with E-state index in [1.54, 1.807) is 6.92 Å². The van der Waals surface area contributed by atoms with Crippen LogP contribution < -0.4 is 0 Å². The second-order valence-electron chi connectivity index (χ2n) is 4.72. The molecule has 0 aromatic heterocycles. The first-order chi connectivity index (χ1) is 7.91. The van der Waals surface area contributed by atoms with Crippen molar-refractivity contribution in [2.75, 3.05) is 7.05 Å². The molecule has 0 unspecified atom stereocenters. The topological polar surface area (TPSA) is 20.3 Å². The van der Waals surface area contributed by atoms with Crippen molar-refractivity contribution < 1.29 is 4.79 Å². The van der Waals surface area contributed by atoms with Crippen LogP contribution in [0, 0.1) is 0 Å². The van der Waals surface area contributed by atoms with Crippen LogP contribution in [-0.2, 0) is 11.2 Å². The lowest BCUT2D eigenvalue weighted by molar-refractivity contribution is -0.122. The SMILES string of the molecule is CC(=O)[C@@H](Cc1ccc(Cl)cc1)N(C)C(C)C. The van der Waals surface area contributed by atoms with Gasteiger partial charge in [-0.3, -0.25) is 9.69 Å². The molecule has 3 heteroatoms. The van der Waals surface area contributed by atoms with Crippen molar-refractivity contribution in [3.8, 4) is 0 Å². The van der Waals surface area contributed by atoms with E-state index in [0.717, 1.165) is 17.0 Å². The van der Waals surface area contributed by atoms with Crippen molar-refractivity contribution in [1.82, 2.24) is 4.90 Å². The molecule has 2 nitrogen and oxygen atoms in total. The number of hydrogen-bond acceptors (Lipinski definition) is 2. The van der Waals surface area contributed by atoms with E-state index in [9.17, 15) is 4.79 Å². The van der Waals surface area contributed by atoms with Gasteiger partial charge in [-0.1, -0.05) is 23.7 Å². The molecule has 0 N–H and O–H groups in total. The lowest BCUT2D eigenvalue weighted by atomic mass is 10.0. The van der Waals surface area contributed by atoms with Gasteiger partial charge in [-0.05, 0) is 51.9 Å². The van der Waals surface area contributed by atoms with E-state index in [1.165, 1.54) is 0 Å². The van der Waals surface area contributed by atoms with Crippen molar-refractivity contribution in [3.63, 3.8) is 0 Å². The van der Waals surface area contributed by atoms with Crippen LogP contribution in [-0.4, -0.2) is 29.8 Å². The molecular formula is C14H20ClNO. The number of Topliss-reactive ketones (excluding diaryl/α,β-unsaturated/α-hetero) is 1. The van der Waals surface area contributed by atoms with Gasteiger partial charge >= 0.3 is 0 Å². The van der Waals surface area contributed by atoms with E-state index in [0.29, 0.717) is 6.04 Å². The third-order valence-electron chi connectivity index (χ3n) is 3.12. The van der Waals surface area contributed by atoms with Gasteiger partial charge in [0.15, 0.2) is 0 Å². The molecule has 17 heavy (non-hydrogen) atoms. The maximum Gasteiger partial charge on any atom is 0.147 e. The largest absolute Gasteiger partial charge is 0.298 e. The number of benzene rings is 1. The first-order valence-electron chi connectivity index (χ1n) is 5.88. The van der Waals surface area contributed by atoms with Crippen LogP contribution in [0.25, 0.3) is 0 Å². The molecule has 0 bridgehead atoms. The molecule has 0 aliphatic rings. The molecule has 0 fully saturated rings. The Morgan fingerprint density at radius 2 is 1.82 bits per heavy atom. The standard InChI is InChI=1S/C14H20ClNO/c1-10(2)16(4)14(11(3)17)9-12-5-7-13(15)8-6-12/h5-8,10,14H,9H2,1-4H3/t14-/m1/s1. The lowest BCUT2D eigenvalue weighted by Crippen LogP contribution is -2.43. The van der Waals surface area contributed by atoms with Crippen LogP contribution in [0.4, 0.5) is 0 Å². The predicted octanol–water partition coefficient (Wildman–Crippen LogP) is 3.18. The van der Waals surface area contributed by atoms with Crippen LogP contribution in [0.1, 0.15) is 26.3 Å². The second kappa shape index (κ2) is 6.18. The Morgan fingerprint density at radius 1 is 1.29 bits per heavy atom. The number of carbonyl (C=O) groups is 1. The second-order valence-corrected chi connectivity index (χ2v) is 5.15. The number of carbonyl (C=O) groups excluding carboxylic acids is 1. The van der Waals surface area contributed by atoms with Crippen molar-refractivity contribution in [2.24, 2.45) is 0 Å². The van der Waals surface area contributed by atoms with Crippen molar-refractivity contribution in [2.45, 2.75) is 39.3 Å². The fraction of sp³-hybridized carbons (Fsp3) is 0.500. The van der Waals surface area contributed by atoms with Crippen molar-refractivity contribution in [3.05, 3.63) is 34.9 Å². The summed E-state index contributed by atoms with van der Waals surface area (Å²) >= 11 is 5.85. The summed E-state index contributed by atoms with van der Waals surface area (Å²) in [6.07, 6.45) is 0.737. The predicted molar refractivity (Wildman–Crippen MR) is 72.5 cm³/mol. The third kappa shape index (κ3) is 4.14. The van der Waals surface area contributed by atoms with E-state index < -0.39 is 0 Å². The fourth-order valence-corrected chi connectivity index (χ4v) is 1.90. The summed E-state index contributed by atoms with van der Waals surface area (Å²) in [6, 6.07) is 7.98. The Kier molecular flexibility index (Phi) is 5.16. The summed E-state index contributed by atoms with van der Waals surface area (Å²) in [5.74, 6) is 0.205. The zero-order valence-electron chi connectivity index (χ0n) is 10.9. The summed E-state index contributed by atoms with van der Waals surface area (Å²) < 4.78 is 0. The summed E-state index contributed by atoms with van der Waals surface area (Å²) in [7, 11) is 1.99. The Bertz CT molecular complexity index is 372. The number of nitrogens with zero attached hydrogens (tertiary/aromatic N) is 1. The normalized spacial score (nSPS) is 13.1. The Hall–Kier alpha value is -0.860. The number of rotatable bonds is 5. The first kappa shape index (κ1) is 14.2. The van der Waals surface area contributed by atoms with Gasteiger partial charge in [0, 0.05) is 11.1 Å². The monoisotopic (exact) mass is 253 g/mol. The van der Waals surface area contributed by atoms with E-state index in [4.69, 9.17) is 11.6 Å². The molecule has 0 radical (unpaired) electrons. The fourth-order valence-electron chi connectivity index (χ4n) is 1.78. The summed E-state index contributed by atoms with van der Waals surface area (Å²) in [4.78, 5) is 13.8. The van der Waals surface area contributed by atoms with Crippen LogP contribution in [0.15, 0.2) is 24.3 Å². The summed E-state index contributed by atoms with van der Waals surface area (Å²) in [5, 5.41) is 0.727. The minimum Gasteiger partial charge on any atom is -0.298 e. The third-order valence-corrected chi connectivity index (χ3v) is 3.37. The van der Waals surface area contributed by atoms with Gasteiger partial charge in [-0.15, -0.1) is 0 Å². The number of hydrogen-bond donors (Lipinski definition) is 0. The van der Waals surface area contributed by atoms with Crippen LogP contribution in [0.3, 0.4) is 0 Å². The van der Waals surface area contributed by atoms with Crippen LogP contribution in [0.2, 0.25) is 5.02 Å². The van der Waals surface area contributed by atoms with E-state index in [2.05, 4.69) is 18.7 Å². The highest BCUT2D eigenvalue weighted by molar-refractivity contribution is 6.30. The molecular weight excluding hydrogens is 234 g/mol. The molecule has 1 atom stereocenters. The zero-order chi connectivity index (χ0) is 13.0. The van der Waals surface area contributed by atoms with Gasteiger partial charge < -0.3 is 0 Å². The quantitative estimate of drug-likeness (QED) is 0.803. The van der Waals surface area contributed by atoms with E-state index in [-0.39, 0.29) is 11.8 Å². The Balaban J connectivity index is 2.80. The van der Waals surface area contributed by atoms with Crippen molar-refractivity contribution >= 4 is 17.4 Å². The molecule has 0 heterocycles. The lowest BCUT2D eigenvalue weighted by Gasteiger charge is -2.29. The van der Waals surface area contributed by atoms with Crippen LogP contribution in [0.5, 0.6) is 0 Å². The van der Waals surface area contributed by atoms with Crippen molar-refractivity contribution in [1.29, 1.82) is 0 Å². The first-order valence-corrected chi connectivity index (χ1v) is 6.26. The zero-order valence-corrected chi connectivity index (χ0v) is 11.7. The highest BCUT2D eigenvalue weighted by Crippen LogP contribution is 2.14. The van der Waals surface area contributed by atoms with Gasteiger partial charge in [0.1, 0.15) is 5.78 Å². The summed E-state index contributed by atoms with van der Waals surface area (Å²) in [5.41, 5.74) is 1.14. The molecule has 1 rings (SSSR count). The smallest absolute Gasteiger partial charge is 0.147 e. The number of halogens is 1. The maximum atomic E-state index is 11.7. The molecule has 0 aliphatic carbocycles. The van der Waals surface area contributed by atoms with Gasteiger partial charge in [0.05, 0.1) is 6.04 Å². The minimum atomic E-state index is -0.0591. The summed E-state index contributed by atoms with van der Waals surface area (Å²) in [6.45, 7) is 5.84. The van der Waals surface area contributed by atoms with Gasteiger partial charge in [-0.25, -0.2) is 0 Å². The van der Waals surface area contributed by atoms with Gasteiger partial charge in [0.25, 0.3) is 0 Å². The molecule has 0 saturated heterocycles. The molecule has 1 aromatic carbocycles. The molecule has 94 valence electrons. The molecule has 0 aliphatic heterocycles. The Morgan fingerprint density at radius 3 is 2.24 bits per heavy atom. The Labute approximate surface area is 109 Å². The van der Waals surface area contributed by atoms with E-state index >= 15 is 0 Å². The molecule has 0 spiro atoms. The van der Waals surface area contributed by atoms with Gasteiger partial charge in [-0.2, -0.15) is 0 Å². The molecule has 1 aromatic rings.